The number of terminal acetylenes is 1. The number of nitriles is 1. The Morgan fingerprint density at radius 2 is 1.84 bits per heavy atom. The van der Waals surface area contributed by atoms with Crippen molar-refractivity contribution in [2.45, 2.75) is 59.7 Å². The summed E-state index contributed by atoms with van der Waals surface area (Å²) in [6.45, 7) is 15.5. The maximum absolute atomic E-state index is 12.8. The number of benzene rings is 1. The fourth-order valence-electron chi connectivity index (χ4n) is 4.59. The number of aromatic nitrogens is 1. The van der Waals surface area contributed by atoms with E-state index in [1.165, 1.54) is 6.92 Å². The summed E-state index contributed by atoms with van der Waals surface area (Å²) >= 11 is 0. The summed E-state index contributed by atoms with van der Waals surface area (Å²) in [5.74, 6) is 3.70. The van der Waals surface area contributed by atoms with Gasteiger partial charge in [-0.05, 0) is 49.5 Å². The molecule has 1 N–H and O–H groups in total. The molecule has 1 saturated heterocycles. The molecule has 0 bridgehead atoms. The molecule has 0 aliphatic carbocycles. The zero-order valence-electron chi connectivity index (χ0n) is 26.2. The Labute approximate surface area is 258 Å². The Balaban J connectivity index is 0.00000216. The van der Waals surface area contributed by atoms with Gasteiger partial charge in [0.1, 0.15) is 11.2 Å². The highest BCUT2D eigenvalue weighted by Crippen LogP contribution is 2.25. The molecule has 44 heavy (non-hydrogen) atoms. The van der Waals surface area contributed by atoms with Gasteiger partial charge in [0.05, 0.1) is 18.6 Å². The summed E-state index contributed by atoms with van der Waals surface area (Å²) in [4.78, 5) is 12.6. The van der Waals surface area contributed by atoms with Crippen molar-refractivity contribution in [3.63, 3.8) is 0 Å². The van der Waals surface area contributed by atoms with Gasteiger partial charge in [-0.25, -0.2) is 9.98 Å². The average molecular weight is 610 g/mol. The molecule has 0 amide bonds. The van der Waals surface area contributed by atoms with Crippen molar-refractivity contribution in [1.82, 2.24) is 14.8 Å². The monoisotopic (exact) mass is 609 g/mol. The molecule has 1 aliphatic rings. The third-order valence-electron chi connectivity index (χ3n) is 6.92. The second-order valence-electron chi connectivity index (χ2n) is 10.7. The van der Waals surface area contributed by atoms with Crippen molar-refractivity contribution in [1.29, 1.82) is 5.26 Å². The lowest BCUT2D eigenvalue weighted by molar-refractivity contribution is -0.0914. The molecule has 0 saturated carbocycles. The number of nitrogens with zero attached hydrogens (tertiary/aromatic N) is 5. The molecule has 1 atom stereocenters. The summed E-state index contributed by atoms with van der Waals surface area (Å²) in [7, 11) is 0. The van der Waals surface area contributed by atoms with Crippen LogP contribution in [0.25, 0.3) is 23.6 Å². The van der Waals surface area contributed by atoms with E-state index in [4.69, 9.17) is 16.1 Å². The molecule has 10 heteroatoms. The molecule has 1 fully saturated rings. The highest BCUT2D eigenvalue weighted by atomic mass is 19.4. The highest BCUT2D eigenvalue weighted by Gasteiger charge is 2.30. The molecule has 1 aliphatic heterocycles. The quantitative estimate of drug-likeness (QED) is 0.243. The van der Waals surface area contributed by atoms with Crippen molar-refractivity contribution in [3.8, 4) is 29.9 Å². The number of hydrogen-bond donors (Lipinski definition) is 1. The van der Waals surface area contributed by atoms with Gasteiger partial charge in [-0.1, -0.05) is 50.6 Å². The topological polar surface area (TPSA) is 88.9 Å². The minimum atomic E-state index is -4.42. The molecule has 2 heterocycles. The number of alkyl halides is 3. The van der Waals surface area contributed by atoms with Gasteiger partial charge in [0.15, 0.2) is 5.42 Å². The molecule has 1 aromatic carbocycles. The van der Waals surface area contributed by atoms with Crippen LogP contribution < -0.4 is 10.8 Å². The summed E-state index contributed by atoms with van der Waals surface area (Å²) in [5, 5.41) is 18.7. The first-order chi connectivity index (χ1) is 20.8. The summed E-state index contributed by atoms with van der Waals surface area (Å²) in [6, 6.07) is 9.53. The Bertz CT molecular complexity index is 1500. The van der Waals surface area contributed by atoms with Gasteiger partial charge < -0.3 is 14.4 Å². The van der Waals surface area contributed by atoms with Gasteiger partial charge in [-0.2, -0.15) is 18.4 Å². The van der Waals surface area contributed by atoms with Crippen LogP contribution >= 0.6 is 0 Å². The smallest absolute Gasteiger partial charge is 0.413 e. The molecule has 236 valence electrons. The van der Waals surface area contributed by atoms with Crippen molar-refractivity contribution < 1.29 is 22.7 Å². The normalized spacial score (nSPS) is 16.3. The third kappa shape index (κ3) is 10.9. The van der Waals surface area contributed by atoms with Crippen LogP contribution in [0.4, 0.5) is 13.2 Å². The van der Waals surface area contributed by atoms with Crippen molar-refractivity contribution in [2.75, 3.05) is 32.7 Å². The second kappa shape index (κ2) is 17.2. The van der Waals surface area contributed by atoms with Crippen molar-refractivity contribution in [3.05, 3.63) is 64.5 Å². The zero-order chi connectivity index (χ0) is 32.9. The van der Waals surface area contributed by atoms with Crippen LogP contribution in [0.15, 0.2) is 57.6 Å². The summed E-state index contributed by atoms with van der Waals surface area (Å²) < 4.78 is 44.5. The van der Waals surface area contributed by atoms with E-state index in [2.05, 4.69) is 41.2 Å². The number of hydrogen-bond acceptors (Lipinski definition) is 6. The largest absolute Gasteiger partial charge is 0.436 e. The molecule has 1 unspecified atom stereocenters. The van der Waals surface area contributed by atoms with Crippen LogP contribution in [0.5, 0.6) is 0 Å². The first-order valence-electron chi connectivity index (χ1n) is 14.5. The number of piperazine rings is 1. The van der Waals surface area contributed by atoms with E-state index in [1.807, 2.05) is 48.2 Å². The van der Waals surface area contributed by atoms with Crippen LogP contribution in [0.1, 0.15) is 46.6 Å². The minimum Gasteiger partial charge on any atom is -0.436 e. The number of rotatable bonds is 9. The predicted molar refractivity (Wildman–Crippen MR) is 169 cm³/mol. The van der Waals surface area contributed by atoms with Crippen molar-refractivity contribution >= 4 is 18.0 Å². The first kappa shape index (κ1) is 36.1. The molecule has 2 aromatic rings. The number of aliphatic hydroxyl groups is 1. The maximum Gasteiger partial charge on any atom is 0.413 e. The maximum atomic E-state index is 12.8. The van der Waals surface area contributed by atoms with Gasteiger partial charge in [0.2, 0.25) is 5.89 Å². The fourth-order valence-corrected chi connectivity index (χ4v) is 4.59. The van der Waals surface area contributed by atoms with Crippen LogP contribution in [0, 0.1) is 29.6 Å². The third-order valence-corrected chi connectivity index (χ3v) is 6.92. The second-order valence-corrected chi connectivity index (χ2v) is 10.7. The lowest BCUT2D eigenvalue weighted by Crippen LogP contribution is -2.50. The standard InChI is InChI=1S/C32H39F3N4O2.C2H3N/c1-7-9-28(22(3)4)30-24(6)37-31(41-30)26-13-11-25(12-14-26)19-27(40)21-38-15-17-39(18-16-38)29(10-8-2)36-20-23(5)32(33,34)35;1-2-3/h2,7,9,11-14,20,22,27,40H,6,10,15-19,21H2,1,3-5H3;1H3/b9-7-,23-20+,30-28-,36-29?;. The Kier molecular flexibility index (Phi) is 14.1. The van der Waals surface area contributed by atoms with E-state index in [-0.39, 0.29) is 12.3 Å². The highest BCUT2D eigenvalue weighted by molar-refractivity contribution is 5.85. The van der Waals surface area contributed by atoms with Crippen LogP contribution in [0.3, 0.4) is 0 Å². The Morgan fingerprint density at radius 3 is 2.36 bits per heavy atom. The molecule has 7 nitrogen and oxygen atoms in total. The molecular formula is C34H42F3N5O2. The Morgan fingerprint density at radius 1 is 1.23 bits per heavy atom. The summed E-state index contributed by atoms with van der Waals surface area (Å²) in [6.07, 6.45) is 5.89. The average Bonchev–Trinajstić information content (AvgIpc) is 3.35. The van der Waals surface area contributed by atoms with E-state index in [9.17, 15) is 18.3 Å². The lowest BCUT2D eigenvalue weighted by atomic mass is 10.0. The van der Waals surface area contributed by atoms with E-state index in [0.29, 0.717) is 61.6 Å². The van der Waals surface area contributed by atoms with E-state index in [0.717, 1.165) is 29.8 Å². The van der Waals surface area contributed by atoms with Gasteiger partial charge in [-0.3, -0.25) is 4.90 Å². The van der Waals surface area contributed by atoms with E-state index in [1.54, 1.807) is 6.07 Å². The van der Waals surface area contributed by atoms with Gasteiger partial charge >= 0.3 is 6.18 Å². The van der Waals surface area contributed by atoms with Crippen LogP contribution in [-0.2, 0) is 6.42 Å². The van der Waals surface area contributed by atoms with E-state index >= 15 is 0 Å². The Hall–Kier alpha value is -4.12. The molecule has 3 rings (SSSR count). The number of aliphatic hydroxyl groups excluding tert-OH is 1. The molecule has 0 radical (unpaired) electrons. The number of aliphatic imine (C=N–C) groups is 1. The SMILES string of the molecule is C#CCC(=N/C=C(\C)C(F)(F)F)N1CCN(CC(O)Cc2ccc(-c3nc(=C)/c(=C(\C=C/C)C(C)C)o3)cc2)CC1.CC#N. The number of amidine groups is 1. The molecular weight excluding hydrogens is 567 g/mol. The fraction of sp³-hybridized carbons (Fsp3) is 0.441. The first-order valence-corrected chi connectivity index (χ1v) is 14.5. The summed E-state index contributed by atoms with van der Waals surface area (Å²) in [5.41, 5.74) is 2.79. The number of allylic oxidation sites excluding steroid dienone is 3. The van der Waals surface area contributed by atoms with Crippen LogP contribution in [-0.4, -0.2) is 70.7 Å². The lowest BCUT2D eigenvalue weighted by Gasteiger charge is -2.37. The predicted octanol–water partition coefficient (Wildman–Crippen LogP) is 5.07. The van der Waals surface area contributed by atoms with Crippen molar-refractivity contribution in [2.24, 2.45) is 10.9 Å². The minimum absolute atomic E-state index is 0.151. The molecule has 1 aromatic heterocycles. The number of halogens is 3. The zero-order valence-corrected chi connectivity index (χ0v) is 26.2. The van der Waals surface area contributed by atoms with Gasteiger partial charge in [-0.15, -0.1) is 6.42 Å². The van der Waals surface area contributed by atoms with E-state index < -0.39 is 17.9 Å². The number of β-amino-alcohol motifs (C(OH)–C–C–N with tert-alkyl or cyclic N) is 1. The van der Waals surface area contributed by atoms with Gasteiger partial charge in [0, 0.05) is 57.0 Å². The molecule has 0 spiro atoms. The van der Waals surface area contributed by atoms with Gasteiger partial charge in [0.25, 0.3) is 0 Å². The number of oxazole rings is 1. The van der Waals surface area contributed by atoms with Crippen LogP contribution in [0.2, 0.25) is 0 Å².